The van der Waals surface area contributed by atoms with Crippen LogP contribution in [0.4, 0.5) is 10.1 Å². The Morgan fingerprint density at radius 2 is 1.65 bits per heavy atom. The van der Waals surface area contributed by atoms with Gasteiger partial charge in [-0.25, -0.2) is 17.6 Å². The Morgan fingerprint density at radius 3 is 2.29 bits per heavy atom. The van der Waals surface area contributed by atoms with E-state index in [0.717, 1.165) is 19.3 Å². The molecular weight excluding hydrogens is 421 g/mol. The summed E-state index contributed by atoms with van der Waals surface area (Å²) in [4.78, 5) is 25.1. The molecule has 164 valence electrons. The van der Waals surface area contributed by atoms with Crippen molar-refractivity contribution < 1.29 is 17.6 Å². The maximum absolute atomic E-state index is 14.1. The van der Waals surface area contributed by atoms with E-state index in [0.29, 0.717) is 23.9 Å². The SMILES string of the molecule is Cn1c(=O)n(C)c2cc(S(=O)(=O)C3CCCCC3)c(NC(=O)c3ccccc3F)cc21. The minimum absolute atomic E-state index is 0.0437. The number of aromatic nitrogens is 2. The third-order valence-corrected chi connectivity index (χ3v) is 8.34. The maximum Gasteiger partial charge on any atom is 0.328 e. The predicted octanol–water partition coefficient (Wildman–Crippen LogP) is 3.37. The molecule has 1 saturated carbocycles. The van der Waals surface area contributed by atoms with Gasteiger partial charge in [-0.3, -0.25) is 13.9 Å². The first kappa shape index (κ1) is 21.3. The Morgan fingerprint density at radius 1 is 1.03 bits per heavy atom. The fourth-order valence-electron chi connectivity index (χ4n) is 4.25. The first-order valence-electron chi connectivity index (χ1n) is 10.2. The van der Waals surface area contributed by atoms with Crippen molar-refractivity contribution in [1.82, 2.24) is 9.13 Å². The number of anilines is 1. The summed E-state index contributed by atoms with van der Waals surface area (Å²) in [6, 6.07) is 8.41. The Kier molecular flexibility index (Phi) is 5.47. The average Bonchev–Trinajstić information content (AvgIpc) is 2.97. The van der Waals surface area contributed by atoms with Gasteiger partial charge >= 0.3 is 5.69 Å². The number of imidazole rings is 1. The van der Waals surface area contributed by atoms with Crippen LogP contribution >= 0.6 is 0 Å². The zero-order chi connectivity index (χ0) is 22.3. The minimum atomic E-state index is -3.78. The summed E-state index contributed by atoms with van der Waals surface area (Å²) in [6.45, 7) is 0. The largest absolute Gasteiger partial charge is 0.328 e. The molecule has 1 aromatic heterocycles. The van der Waals surface area contributed by atoms with Gasteiger partial charge in [-0.05, 0) is 37.1 Å². The molecule has 7 nitrogen and oxygen atoms in total. The third-order valence-electron chi connectivity index (χ3n) is 6.04. The van der Waals surface area contributed by atoms with Crippen LogP contribution in [-0.2, 0) is 23.9 Å². The van der Waals surface area contributed by atoms with Crippen molar-refractivity contribution in [2.24, 2.45) is 14.1 Å². The van der Waals surface area contributed by atoms with E-state index < -0.39 is 26.8 Å². The van der Waals surface area contributed by atoms with Crippen LogP contribution < -0.4 is 11.0 Å². The van der Waals surface area contributed by atoms with Crippen molar-refractivity contribution in [3.05, 3.63) is 58.3 Å². The number of amides is 1. The van der Waals surface area contributed by atoms with E-state index in [1.54, 1.807) is 14.1 Å². The lowest BCUT2D eigenvalue weighted by molar-refractivity contribution is 0.102. The number of halogens is 1. The second-order valence-electron chi connectivity index (χ2n) is 7.98. The maximum atomic E-state index is 14.1. The normalized spacial score (nSPS) is 15.3. The molecule has 0 spiro atoms. The fourth-order valence-corrected chi connectivity index (χ4v) is 6.25. The van der Waals surface area contributed by atoms with Crippen LogP contribution in [0.5, 0.6) is 0 Å². The number of nitrogens with one attached hydrogen (secondary N) is 1. The predicted molar refractivity (Wildman–Crippen MR) is 117 cm³/mol. The van der Waals surface area contributed by atoms with Crippen LogP contribution in [0, 0.1) is 5.82 Å². The van der Waals surface area contributed by atoms with Crippen LogP contribution in [0.25, 0.3) is 11.0 Å². The van der Waals surface area contributed by atoms with Crippen molar-refractivity contribution in [3.8, 4) is 0 Å². The van der Waals surface area contributed by atoms with Crippen LogP contribution in [0.3, 0.4) is 0 Å². The summed E-state index contributed by atoms with van der Waals surface area (Å²) in [6.07, 6.45) is 3.75. The van der Waals surface area contributed by atoms with Gasteiger partial charge in [0.05, 0.1) is 32.4 Å². The smallest absolute Gasteiger partial charge is 0.321 e. The Bertz CT molecular complexity index is 1330. The molecule has 0 atom stereocenters. The highest BCUT2D eigenvalue weighted by atomic mass is 32.2. The number of hydrogen-bond donors (Lipinski definition) is 1. The van der Waals surface area contributed by atoms with Crippen LogP contribution in [0.2, 0.25) is 0 Å². The lowest BCUT2D eigenvalue weighted by Crippen LogP contribution is -2.26. The third kappa shape index (κ3) is 3.67. The highest BCUT2D eigenvalue weighted by Crippen LogP contribution is 2.35. The molecule has 1 aliphatic rings. The van der Waals surface area contributed by atoms with Crippen LogP contribution in [-0.4, -0.2) is 28.7 Å². The van der Waals surface area contributed by atoms with E-state index in [4.69, 9.17) is 0 Å². The van der Waals surface area contributed by atoms with Crippen molar-refractivity contribution >= 4 is 32.5 Å². The van der Waals surface area contributed by atoms with E-state index in [1.807, 2.05) is 0 Å². The number of benzene rings is 2. The summed E-state index contributed by atoms with van der Waals surface area (Å²) in [5, 5.41) is 2.03. The Labute approximate surface area is 179 Å². The highest BCUT2D eigenvalue weighted by molar-refractivity contribution is 7.92. The Balaban J connectivity index is 1.89. The zero-order valence-electron chi connectivity index (χ0n) is 17.4. The van der Waals surface area contributed by atoms with Crippen molar-refractivity contribution in [2.75, 3.05) is 5.32 Å². The van der Waals surface area contributed by atoms with Crippen molar-refractivity contribution in [1.29, 1.82) is 0 Å². The number of carbonyl (C=O) groups is 1. The van der Waals surface area contributed by atoms with Gasteiger partial charge in [0, 0.05) is 14.1 Å². The second kappa shape index (κ2) is 7.96. The van der Waals surface area contributed by atoms with Gasteiger partial charge in [-0.15, -0.1) is 0 Å². The molecule has 2 aromatic carbocycles. The number of carbonyl (C=O) groups excluding carboxylic acids is 1. The number of hydrogen-bond acceptors (Lipinski definition) is 4. The number of aryl methyl sites for hydroxylation is 2. The quantitative estimate of drug-likeness (QED) is 0.667. The van der Waals surface area contributed by atoms with Gasteiger partial charge in [0.25, 0.3) is 5.91 Å². The second-order valence-corrected chi connectivity index (χ2v) is 10.2. The minimum Gasteiger partial charge on any atom is -0.321 e. The topological polar surface area (TPSA) is 90.2 Å². The number of sulfone groups is 1. The molecule has 9 heteroatoms. The van der Waals surface area contributed by atoms with Gasteiger partial charge in [0.15, 0.2) is 9.84 Å². The standard InChI is InChI=1S/C22H24FN3O4S/c1-25-18-12-17(24-21(27)15-10-6-7-11-16(15)23)20(13-19(18)26(2)22(25)28)31(29,30)14-8-4-3-5-9-14/h6-7,10-14H,3-5,8-9H2,1-2H3,(H,24,27). The lowest BCUT2D eigenvalue weighted by atomic mass is 10.0. The zero-order valence-corrected chi connectivity index (χ0v) is 18.2. The number of fused-ring (bicyclic) bond motifs is 1. The summed E-state index contributed by atoms with van der Waals surface area (Å²) >= 11 is 0. The summed E-state index contributed by atoms with van der Waals surface area (Å²) in [7, 11) is -0.635. The first-order chi connectivity index (χ1) is 14.7. The van der Waals surface area contributed by atoms with E-state index in [1.165, 1.54) is 45.5 Å². The highest BCUT2D eigenvalue weighted by Gasteiger charge is 2.32. The van der Waals surface area contributed by atoms with Gasteiger partial charge in [0.2, 0.25) is 0 Å². The molecule has 1 heterocycles. The monoisotopic (exact) mass is 445 g/mol. The van der Waals surface area contributed by atoms with Crippen LogP contribution in [0.15, 0.2) is 46.1 Å². The molecule has 31 heavy (non-hydrogen) atoms. The molecule has 1 aliphatic carbocycles. The molecule has 0 aliphatic heterocycles. The van der Waals surface area contributed by atoms with E-state index in [-0.39, 0.29) is 21.8 Å². The van der Waals surface area contributed by atoms with Gasteiger partial charge in [-0.1, -0.05) is 31.4 Å². The van der Waals surface area contributed by atoms with Crippen LogP contribution in [0.1, 0.15) is 42.5 Å². The number of nitrogens with zero attached hydrogens (tertiary/aromatic N) is 2. The van der Waals surface area contributed by atoms with Crippen molar-refractivity contribution in [3.63, 3.8) is 0 Å². The molecule has 0 unspecified atom stereocenters. The van der Waals surface area contributed by atoms with Gasteiger partial charge in [-0.2, -0.15) is 0 Å². The molecule has 1 N–H and O–H groups in total. The van der Waals surface area contributed by atoms with E-state index >= 15 is 0 Å². The molecule has 0 saturated heterocycles. The molecule has 1 fully saturated rings. The lowest BCUT2D eigenvalue weighted by Gasteiger charge is -2.23. The summed E-state index contributed by atoms with van der Waals surface area (Å²) < 4.78 is 43.9. The van der Waals surface area contributed by atoms with Gasteiger partial charge < -0.3 is 5.32 Å². The summed E-state index contributed by atoms with van der Waals surface area (Å²) in [5.41, 5.74) is 0.469. The van der Waals surface area contributed by atoms with Gasteiger partial charge in [0.1, 0.15) is 5.82 Å². The van der Waals surface area contributed by atoms with Crippen molar-refractivity contribution in [2.45, 2.75) is 42.2 Å². The number of rotatable bonds is 4. The fraction of sp³-hybridized carbons (Fsp3) is 0.364. The molecule has 4 rings (SSSR count). The molecular formula is C22H24FN3O4S. The molecule has 0 bridgehead atoms. The molecule has 1 amide bonds. The van der Waals surface area contributed by atoms with E-state index in [9.17, 15) is 22.4 Å². The molecule has 0 radical (unpaired) electrons. The summed E-state index contributed by atoms with van der Waals surface area (Å²) in [5.74, 6) is -1.46. The average molecular weight is 446 g/mol. The first-order valence-corrected chi connectivity index (χ1v) is 11.8. The molecule has 3 aromatic rings. The van der Waals surface area contributed by atoms with E-state index in [2.05, 4.69) is 5.32 Å². The Hall–Kier alpha value is -2.94.